The summed E-state index contributed by atoms with van der Waals surface area (Å²) < 4.78 is 5.46. The Hall–Kier alpha value is -2.04. The predicted octanol–water partition coefficient (Wildman–Crippen LogP) is 1.40. The summed E-state index contributed by atoms with van der Waals surface area (Å²) in [4.78, 5) is 22.7. The predicted molar refractivity (Wildman–Crippen MR) is 70.2 cm³/mol. The van der Waals surface area contributed by atoms with E-state index in [0.29, 0.717) is 19.4 Å². The molecule has 0 radical (unpaired) electrons. The number of hydrogen-bond acceptors (Lipinski definition) is 3. The lowest BCUT2D eigenvalue weighted by atomic mass is 10.3. The molecule has 5 heteroatoms. The Balaban J connectivity index is 1.52. The zero-order chi connectivity index (χ0) is 13.5. The quantitative estimate of drug-likeness (QED) is 0.601. The van der Waals surface area contributed by atoms with Crippen molar-refractivity contribution in [1.29, 1.82) is 0 Å². The number of hydrazine groups is 1. The van der Waals surface area contributed by atoms with Crippen molar-refractivity contribution < 1.29 is 14.3 Å². The van der Waals surface area contributed by atoms with Crippen LogP contribution in [0.1, 0.15) is 25.7 Å². The summed E-state index contributed by atoms with van der Waals surface area (Å²) >= 11 is 0. The highest BCUT2D eigenvalue weighted by Crippen LogP contribution is 2.28. The summed E-state index contributed by atoms with van der Waals surface area (Å²) in [7, 11) is 0. The Morgan fingerprint density at radius 1 is 1.16 bits per heavy atom. The fourth-order valence-electron chi connectivity index (χ4n) is 1.58. The molecular weight excluding hydrogens is 244 g/mol. The van der Waals surface area contributed by atoms with Crippen molar-refractivity contribution in [3.05, 3.63) is 30.3 Å². The first kappa shape index (κ1) is 13.4. The molecule has 1 aromatic carbocycles. The summed E-state index contributed by atoms with van der Waals surface area (Å²) in [5, 5.41) is 0. The smallest absolute Gasteiger partial charge is 0.241 e. The van der Waals surface area contributed by atoms with E-state index in [0.717, 1.165) is 18.6 Å². The fraction of sp³-hybridized carbons (Fsp3) is 0.429. The lowest BCUT2D eigenvalue weighted by molar-refractivity contribution is -0.129. The van der Waals surface area contributed by atoms with Crippen LogP contribution in [0.15, 0.2) is 30.3 Å². The van der Waals surface area contributed by atoms with Gasteiger partial charge in [-0.05, 0) is 31.4 Å². The molecule has 0 atom stereocenters. The third kappa shape index (κ3) is 4.99. The number of benzene rings is 1. The van der Waals surface area contributed by atoms with Crippen LogP contribution in [0.25, 0.3) is 0 Å². The van der Waals surface area contributed by atoms with Crippen molar-refractivity contribution in [2.45, 2.75) is 25.7 Å². The number of amides is 2. The Bertz CT molecular complexity index is 430. The van der Waals surface area contributed by atoms with E-state index in [1.54, 1.807) is 0 Å². The average Bonchev–Trinajstić information content (AvgIpc) is 3.27. The molecule has 2 amide bonds. The molecule has 1 aliphatic rings. The Labute approximate surface area is 112 Å². The highest BCUT2D eigenvalue weighted by molar-refractivity contribution is 5.84. The van der Waals surface area contributed by atoms with E-state index in [1.807, 2.05) is 30.3 Å². The minimum absolute atomic E-state index is 0.0890. The van der Waals surface area contributed by atoms with Crippen molar-refractivity contribution >= 4 is 11.8 Å². The maximum absolute atomic E-state index is 11.4. The number of para-hydroxylation sites is 1. The molecule has 1 saturated carbocycles. The lowest BCUT2D eigenvalue weighted by Gasteiger charge is -2.07. The molecule has 1 aromatic rings. The maximum atomic E-state index is 11.4. The summed E-state index contributed by atoms with van der Waals surface area (Å²) in [6, 6.07) is 9.46. The zero-order valence-electron chi connectivity index (χ0n) is 10.7. The molecule has 0 aliphatic heterocycles. The van der Waals surface area contributed by atoms with Gasteiger partial charge in [0.2, 0.25) is 11.8 Å². The van der Waals surface area contributed by atoms with Crippen LogP contribution in [0.2, 0.25) is 0 Å². The van der Waals surface area contributed by atoms with Crippen LogP contribution in [-0.4, -0.2) is 18.4 Å². The normalized spacial score (nSPS) is 13.7. The van der Waals surface area contributed by atoms with Crippen molar-refractivity contribution in [2.24, 2.45) is 5.92 Å². The van der Waals surface area contributed by atoms with Gasteiger partial charge in [-0.15, -0.1) is 0 Å². The topological polar surface area (TPSA) is 67.4 Å². The van der Waals surface area contributed by atoms with E-state index in [-0.39, 0.29) is 17.7 Å². The number of rotatable bonds is 6. The maximum Gasteiger partial charge on any atom is 0.241 e. The largest absolute Gasteiger partial charge is 0.494 e. The van der Waals surface area contributed by atoms with Gasteiger partial charge in [-0.25, -0.2) is 0 Å². The van der Waals surface area contributed by atoms with Gasteiger partial charge in [-0.1, -0.05) is 18.2 Å². The van der Waals surface area contributed by atoms with Crippen molar-refractivity contribution in [3.63, 3.8) is 0 Å². The van der Waals surface area contributed by atoms with Gasteiger partial charge in [0.25, 0.3) is 0 Å². The lowest BCUT2D eigenvalue weighted by Crippen LogP contribution is -2.42. The van der Waals surface area contributed by atoms with E-state index in [2.05, 4.69) is 10.9 Å². The Kier molecular flexibility index (Phi) is 4.78. The molecule has 0 unspecified atom stereocenters. The van der Waals surface area contributed by atoms with Gasteiger partial charge in [0.15, 0.2) is 0 Å². The number of nitrogens with one attached hydrogen (secondary N) is 2. The van der Waals surface area contributed by atoms with Gasteiger partial charge in [0.05, 0.1) is 6.61 Å². The highest BCUT2D eigenvalue weighted by atomic mass is 16.5. The number of carbonyl (C=O) groups is 2. The molecule has 0 heterocycles. The van der Waals surface area contributed by atoms with Gasteiger partial charge < -0.3 is 4.74 Å². The van der Waals surface area contributed by atoms with Crippen molar-refractivity contribution in [3.8, 4) is 5.75 Å². The Morgan fingerprint density at radius 2 is 1.89 bits per heavy atom. The molecule has 0 bridgehead atoms. The summed E-state index contributed by atoms with van der Waals surface area (Å²) in [6.07, 6.45) is 2.79. The monoisotopic (exact) mass is 262 g/mol. The van der Waals surface area contributed by atoms with E-state index in [1.165, 1.54) is 0 Å². The number of hydrogen-bond donors (Lipinski definition) is 2. The second-order valence-corrected chi connectivity index (χ2v) is 4.58. The molecule has 0 aromatic heterocycles. The summed E-state index contributed by atoms with van der Waals surface area (Å²) in [6.45, 7) is 0.480. The molecule has 1 fully saturated rings. The molecule has 1 aliphatic carbocycles. The minimum Gasteiger partial charge on any atom is -0.494 e. The molecule has 102 valence electrons. The first-order chi connectivity index (χ1) is 9.25. The van der Waals surface area contributed by atoms with Gasteiger partial charge in [0.1, 0.15) is 5.75 Å². The van der Waals surface area contributed by atoms with E-state index in [9.17, 15) is 9.59 Å². The summed E-state index contributed by atoms with van der Waals surface area (Å²) in [5.41, 5.74) is 4.83. The van der Waals surface area contributed by atoms with Crippen LogP contribution in [0, 0.1) is 5.92 Å². The second kappa shape index (κ2) is 6.78. The second-order valence-electron chi connectivity index (χ2n) is 4.58. The van der Waals surface area contributed by atoms with Crippen LogP contribution in [0.3, 0.4) is 0 Å². The SMILES string of the molecule is O=C(CCCOc1ccccc1)NNC(=O)C1CC1. The third-order valence-electron chi connectivity index (χ3n) is 2.83. The average molecular weight is 262 g/mol. The summed E-state index contributed by atoms with van der Waals surface area (Å²) in [5.74, 6) is 0.617. The number of ether oxygens (including phenoxy) is 1. The first-order valence-corrected chi connectivity index (χ1v) is 6.52. The van der Waals surface area contributed by atoms with Gasteiger partial charge in [-0.2, -0.15) is 0 Å². The van der Waals surface area contributed by atoms with Crippen LogP contribution in [-0.2, 0) is 9.59 Å². The molecule has 2 rings (SSSR count). The standard InChI is InChI=1S/C14H18N2O3/c17-13(15-16-14(18)11-8-9-11)7-4-10-19-12-5-2-1-3-6-12/h1-3,5-6,11H,4,7-10H2,(H,15,17)(H,16,18). The van der Waals surface area contributed by atoms with Gasteiger partial charge >= 0.3 is 0 Å². The van der Waals surface area contributed by atoms with Gasteiger partial charge in [0, 0.05) is 12.3 Å². The molecule has 5 nitrogen and oxygen atoms in total. The molecule has 19 heavy (non-hydrogen) atoms. The van der Waals surface area contributed by atoms with E-state index in [4.69, 9.17) is 4.74 Å². The molecule has 0 spiro atoms. The molecule has 2 N–H and O–H groups in total. The first-order valence-electron chi connectivity index (χ1n) is 6.52. The van der Waals surface area contributed by atoms with Crippen LogP contribution < -0.4 is 15.6 Å². The fourth-order valence-corrected chi connectivity index (χ4v) is 1.58. The third-order valence-corrected chi connectivity index (χ3v) is 2.83. The highest BCUT2D eigenvalue weighted by Gasteiger charge is 2.29. The van der Waals surface area contributed by atoms with E-state index < -0.39 is 0 Å². The number of carbonyl (C=O) groups excluding carboxylic acids is 2. The minimum atomic E-state index is -0.189. The van der Waals surface area contributed by atoms with Gasteiger partial charge in [-0.3, -0.25) is 20.4 Å². The zero-order valence-corrected chi connectivity index (χ0v) is 10.7. The van der Waals surface area contributed by atoms with Crippen molar-refractivity contribution in [2.75, 3.05) is 6.61 Å². The van der Waals surface area contributed by atoms with E-state index >= 15 is 0 Å². The van der Waals surface area contributed by atoms with Crippen LogP contribution in [0.4, 0.5) is 0 Å². The Morgan fingerprint density at radius 3 is 2.58 bits per heavy atom. The molecule has 0 saturated heterocycles. The van der Waals surface area contributed by atoms with Crippen molar-refractivity contribution in [1.82, 2.24) is 10.9 Å². The van der Waals surface area contributed by atoms with Crippen LogP contribution in [0.5, 0.6) is 5.75 Å². The molecular formula is C14H18N2O3. The van der Waals surface area contributed by atoms with Crippen LogP contribution >= 0.6 is 0 Å².